The number of hydrogen-bond donors (Lipinski definition) is 1. The van der Waals surface area contributed by atoms with Crippen molar-refractivity contribution in [3.8, 4) is 11.3 Å². The van der Waals surface area contributed by atoms with Gasteiger partial charge in [0.25, 0.3) is 5.91 Å². The smallest absolute Gasteiger partial charge is 0.252 e. The van der Waals surface area contributed by atoms with Crippen molar-refractivity contribution in [1.29, 1.82) is 0 Å². The number of fused-ring (bicyclic) bond motifs is 1. The predicted molar refractivity (Wildman–Crippen MR) is 82.2 cm³/mol. The van der Waals surface area contributed by atoms with Gasteiger partial charge in [0.05, 0.1) is 22.8 Å². The van der Waals surface area contributed by atoms with E-state index in [4.69, 9.17) is 0 Å². The summed E-state index contributed by atoms with van der Waals surface area (Å²) in [6, 6.07) is 5.92. The molecule has 0 aromatic carbocycles. The topological polar surface area (TPSA) is 72.7 Å². The second-order valence-corrected chi connectivity index (χ2v) is 5.55. The van der Waals surface area contributed by atoms with E-state index in [0.717, 1.165) is 29.5 Å². The Morgan fingerprint density at radius 3 is 2.95 bits per heavy atom. The van der Waals surface area contributed by atoms with Gasteiger partial charge >= 0.3 is 0 Å². The Balaban J connectivity index is 1.88. The lowest BCUT2D eigenvalue weighted by atomic mass is 10.1. The number of aryl methyl sites for hydroxylation is 1. The van der Waals surface area contributed by atoms with Gasteiger partial charge in [-0.3, -0.25) is 14.5 Å². The van der Waals surface area contributed by atoms with E-state index in [2.05, 4.69) is 20.4 Å². The van der Waals surface area contributed by atoms with Crippen LogP contribution in [0.15, 0.2) is 36.8 Å². The van der Waals surface area contributed by atoms with Gasteiger partial charge in [0.2, 0.25) is 0 Å². The summed E-state index contributed by atoms with van der Waals surface area (Å²) < 4.78 is 1.68. The minimum atomic E-state index is -0.0620. The highest BCUT2D eigenvalue weighted by molar-refractivity contribution is 6.06. The van der Waals surface area contributed by atoms with Crippen molar-refractivity contribution in [3.63, 3.8) is 0 Å². The Morgan fingerprint density at radius 1 is 1.36 bits per heavy atom. The molecule has 3 aromatic heterocycles. The Labute approximate surface area is 127 Å². The number of aromatic nitrogens is 4. The van der Waals surface area contributed by atoms with Crippen LogP contribution < -0.4 is 5.32 Å². The van der Waals surface area contributed by atoms with Crippen molar-refractivity contribution in [3.05, 3.63) is 42.4 Å². The Hall–Kier alpha value is -2.76. The van der Waals surface area contributed by atoms with Crippen LogP contribution in [0.25, 0.3) is 22.3 Å². The van der Waals surface area contributed by atoms with Gasteiger partial charge in [0, 0.05) is 31.0 Å². The molecule has 1 amide bonds. The molecule has 1 aliphatic rings. The van der Waals surface area contributed by atoms with Crippen molar-refractivity contribution in [2.24, 2.45) is 7.05 Å². The van der Waals surface area contributed by atoms with E-state index in [9.17, 15) is 4.79 Å². The molecule has 6 heteroatoms. The van der Waals surface area contributed by atoms with Crippen LogP contribution in [0.3, 0.4) is 0 Å². The normalized spacial score (nSPS) is 14.2. The highest BCUT2D eigenvalue weighted by Crippen LogP contribution is 2.25. The van der Waals surface area contributed by atoms with Gasteiger partial charge < -0.3 is 5.32 Å². The summed E-state index contributed by atoms with van der Waals surface area (Å²) in [6.07, 6.45) is 7.27. The fourth-order valence-corrected chi connectivity index (χ4v) is 2.46. The van der Waals surface area contributed by atoms with E-state index in [0.29, 0.717) is 17.3 Å². The van der Waals surface area contributed by atoms with Crippen molar-refractivity contribution < 1.29 is 4.79 Å². The van der Waals surface area contributed by atoms with Gasteiger partial charge in [-0.15, -0.1) is 0 Å². The third kappa shape index (κ3) is 2.22. The summed E-state index contributed by atoms with van der Waals surface area (Å²) in [5, 5.41) is 8.03. The van der Waals surface area contributed by atoms with E-state index < -0.39 is 0 Å². The summed E-state index contributed by atoms with van der Waals surface area (Å²) >= 11 is 0. The lowest BCUT2D eigenvalue weighted by Gasteiger charge is -2.08. The minimum Gasteiger partial charge on any atom is -0.349 e. The lowest BCUT2D eigenvalue weighted by Crippen LogP contribution is -2.25. The summed E-state index contributed by atoms with van der Waals surface area (Å²) in [7, 11) is 1.82. The van der Waals surface area contributed by atoms with Crippen molar-refractivity contribution in [2.45, 2.75) is 18.9 Å². The number of nitrogens with one attached hydrogen (secondary N) is 1. The number of carbonyl (C=O) groups is 1. The van der Waals surface area contributed by atoms with Crippen LogP contribution in [0.5, 0.6) is 0 Å². The Bertz CT molecular complexity index is 852. The van der Waals surface area contributed by atoms with Crippen LogP contribution in [0, 0.1) is 0 Å². The zero-order valence-electron chi connectivity index (χ0n) is 12.2. The fourth-order valence-electron chi connectivity index (χ4n) is 2.46. The summed E-state index contributed by atoms with van der Waals surface area (Å²) in [5.74, 6) is -0.0620. The van der Waals surface area contributed by atoms with E-state index in [1.807, 2.05) is 25.2 Å². The van der Waals surface area contributed by atoms with E-state index in [1.165, 1.54) is 0 Å². The molecule has 110 valence electrons. The van der Waals surface area contributed by atoms with Crippen molar-refractivity contribution in [1.82, 2.24) is 25.1 Å². The van der Waals surface area contributed by atoms with Crippen molar-refractivity contribution in [2.75, 3.05) is 0 Å². The molecule has 3 aromatic rings. The average Bonchev–Trinajstić information content (AvgIpc) is 3.29. The van der Waals surface area contributed by atoms with Gasteiger partial charge in [-0.05, 0) is 31.0 Å². The highest BCUT2D eigenvalue weighted by atomic mass is 16.1. The first-order chi connectivity index (χ1) is 10.7. The third-order valence-electron chi connectivity index (χ3n) is 3.82. The van der Waals surface area contributed by atoms with Crippen LogP contribution in [-0.4, -0.2) is 31.7 Å². The summed E-state index contributed by atoms with van der Waals surface area (Å²) in [5.41, 5.74) is 2.92. The molecule has 1 saturated carbocycles. The van der Waals surface area contributed by atoms with Gasteiger partial charge in [0.1, 0.15) is 0 Å². The predicted octanol–water partition coefficient (Wildman–Crippen LogP) is 1.92. The molecular formula is C16H15N5O. The highest BCUT2D eigenvalue weighted by Gasteiger charge is 2.25. The maximum absolute atomic E-state index is 12.5. The van der Waals surface area contributed by atoms with Crippen LogP contribution in [-0.2, 0) is 7.05 Å². The van der Waals surface area contributed by atoms with Crippen LogP contribution >= 0.6 is 0 Å². The number of pyridine rings is 2. The van der Waals surface area contributed by atoms with E-state index >= 15 is 0 Å². The number of carbonyl (C=O) groups excluding carboxylic acids is 1. The van der Waals surface area contributed by atoms with E-state index in [1.54, 1.807) is 23.3 Å². The second kappa shape index (κ2) is 4.91. The average molecular weight is 293 g/mol. The Kier molecular flexibility index (Phi) is 2.89. The van der Waals surface area contributed by atoms with Crippen LogP contribution in [0.1, 0.15) is 23.2 Å². The molecule has 22 heavy (non-hydrogen) atoms. The summed E-state index contributed by atoms with van der Waals surface area (Å²) in [4.78, 5) is 21.3. The molecular weight excluding hydrogens is 278 g/mol. The zero-order valence-corrected chi connectivity index (χ0v) is 12.2. The van der Waals surface area contributed by atoms with Crippen molar-refractivity contribution >= 4 is 16.9 Å². The number of amides is 1. The lowest BCUT2D eigenvalue weighted by molar-refractivity contribution is 0.0952. The standard InChI is InChI=1S/C16H15N5O/c1-21-15-13(9-18-21)12(16(22)19-11-4-5-11)7-14(20-15)10-3-2-6-17-8-10/h2-3,6-9,11H,4-5H2,1H3,(H,19,22). The molecule has 0 atom stereocenters. The second-order valence-electron chi connectivity index (χ2n) is 5.55. The molecule has 0 unspecified atom stereocenters. The SMILES string of the molecule is Cn1ncc2c(C(=O)NC3CC3)cc(-c3cccnc3)nc21. The monoisotopic (exact) mass is 293 g/mol. The molecule has 4 rings (SSSR count). The van der Waals surface area contributed by atoms with Crippen LogP contribution in [0.2, 0.25) is 0 Å². The summed E-state index contributed by atoms with van der Waals surface area (Å²) in [6.45, 7) is 0. The molecule has 0 bridgehead atoms. The third-order valence-corrected chi connectivity index (χ3v) is 3.82. The number of nitrogens with zero attached hydrogens (tertiary/aromatic N) is 4. The fraction of sp³-hybridized carbons (Fsp3) is 0.250. The molecule has 6 nitrogen and oxygen atoms in total. The van der Waals surface area contributed by atoms with Crippen LogP contribution in [0.4, 0.5) is 0 Å². The first-order valence-electron chi connectivity index (χ1n) is 7.26. The van der Waals surface area contributed by atoms with Gasteiger partial charge in [-0.25, -0.2) is 4.98 Å². The molecule has 0 saturated heterocycles. The largest absolute Gasteiger partial charge is 0.349 e. The maximum atomic E-state index is 12.5. The van der Waals surface area contributed by atoms with Gasteiger partial charge in [0.15, 0.2) is 5.65 Å². The number of hydrogen-bond acceptors (Lipinski definition) is 4. The van der Waals surface area contributed by atoms with Gasteiger partial charge in [-0.2, -0.15) is 5.10 Å². The first-order valence-corrected chi connectivity index (χ1v) is 7.26. The maximum Gasteiger partial charge on any atom is 0.252 e. The molecule has 1 N–H and O–H groups in total. The van der Waals surface area contributed by atoms with Gasteiger partial charge in [-0.1, -0.05) is 0 Å². The molecule has 1 fully saturated rings. The first kappa shape index (κ1) is 12.9. The van der Waals surface area contributed by atoms with E-state index in [-0.39, 0.29) is 5.91 Å². The molecule has 0 radical (unpaired) electrons. The molecule has 3 heterocycles. The minimum absolute atomic E-state index is 0.0620. The number of rotatable bonds is 3. The quantitative estimate of drug-likeness (QED) is 0.800. The molecule has 1 aliphatic carbocycles. The zero-order chi connectivity index (χ0) is 15.1. The Morgan fingerprint density at radius 2 is 2.23 bits per heavy atom. The molecule has 0 aliphatic heterocycles. The molecule has 0 spiro atoms.